The van der Waals surface area contributed by atoms with Crippen LogP contribution in [-0.2, 0) is 6.54 Å². The van der Waals surface area contributed by atoms with Crippen molar-refractivity contribution in [3.05, 3.63) is 53.0 Å². The first-order valence-electron chi connectivity index (χ1n) is 8.83. The smallest absolute Gasteiger partial charge is 0.281 e. The minimum Gasteiger partial charge on any atom is -0.486 e. The Bertz CT molecular complexity index is 1250. The van der Waals surface area contributed by atoms with E-state index in [0.717, 1.165) is 32.6 Å². The Hall–Kier alpha value is -3.06. The summed E-state index contributed by atoms with van der Waals surface area (Å²) in [5.41, 5.74) is 2.51. The molecule has 2 aromatic heterocycles. The van der Waals surface area contributed by atoms with Crippen LogP contribution in [0.2, 0.25) is 0 Å². The number of carbonyl (C=O) groups is 1. The first-order valence-corrected chi connectivity index (χ1v) is 9.64. The van der Waals surface area contributed by atoms with Crippen LogP contribution in [0.1, 0.15) is 17.3 Å². The number of hydrogen-bond donors (Lipinski definition) is 1. The topological polar surface area (TPSA) is 68.6 Å². The molecule has 6 nitrogen and oxygen atoms in total. The number of thiazole rings is 1. The van der Waals surface area contributed by atoms with Gasteiger partial charge in [-0.3, -0.25) is 4.79 Å². The molecule has 0 radical (unpaired) electrons. The number of aryl methyl sites for hydroxylation is 1. The molecule has 3 heterocycles. The first-order chi connectivity index (χ1) is 13.2. The molecule has 1 aliphatic rings. The molecule has 136 valence electrons. The predicted octanol–water partition coefficient (Wildman–Crippen LogP) is 3.72. The van der Waals surface area contributed by atoms with E-state index in [1.807, 2.05) is 47.9 Å². The standard InChI is InChI=1S/C20H17N3O3S/c1-2-23-15-9-16-17(26-8-7-25-16)10-18(15)27-20(23)22-19(24)13-11-21-14-6-4-3-5-12(13)14/h3-6,9-11,21H,2,7-8H2,1H3. The second-order valence-electron chi connectivity index (χ2n) is 6.26. The SMILES string of the molecule is CCn1c(=NC(=O)c2c[nH]c3ccccc23)sc2cc3c(cc21)OCCO3. The van der Waals surface area contributed by atoms with Gasteiger partial charge in [-0.15, -0.1) is 0 Å². The average molecular weight is 379 g/mol. The van der Waals surface area contributed by atoms with Gasteiger partial charge in [-0.1, -0.05) is 29.5 Å². The van der Waals surface area contributed by atoms with E-state index < -0.39 is 0 Å². The van der Waals surface area contributed by atoms with E-state index in [1.165, 1.54) is 11.3 Å². The van der Waals surface area contributed by atoms with E-state index in [4.69, 9.17) is 9.47 Å². The molecular weight excluding hydrogens is 362 g/mol. The third-order valence-electron chi connectivity index (χ3n) is 4.68. The van der Waals surface area contributed by atoms with Gasteiger partial charge in [-0.2, -0.15) is 4.99 Å². The van der Waals surface area contributed by atoms with Crippen LogP contribution in [0.3, 0.4) is 0 Å². The molecule has 4 aromatic rings. The number of para-hydroxylation sites is 1. The molecule has 7 heteroatoms. The summed E-state index contributed by atoms with van der Waals surface area (Å²) >= 11 is 1.48. The van der Waals surface area contributed by atoms with Crippen molar-refractivity contribution in [3.63, 3.8) is 0 Å². The molecule has 0 saturated heterocycles. The summed E-state index contributed by atoms with van der Waals surface area (Å²) < 4.78 is 14.4. The number of fused-ring (bicyclic) bond motifs is 3. The quantitative estimate of drug-likeness (QED) is 0.577. The maximum Gasteiger partial charge on any atom is 0.281 e. The fourth-order valence-electron chi connectivity index (χ4n) is 3.39. The Morgan fingerprint density at radius 1 is 1.22 bits per heavy atom. The van der Waals surface area contributed by atoms with E-state index in [-0.39, 0.29) is 5.91 Å². The number of rotatable bonds is 2. The number of ether oxygens (including phenoxy) is 2. The second-order valence-corrected chi connectivity index (χ2v) is 7.27. The molecule has 2 aromatic carbocycles. The minimum atomic E-state index is -0.251. The lowest BCUT2D eigenvalue weighted by molar-refractivity contribution is 0.0999. The Morgan fingerprint density at radius 3 is 2.81 bits per heavy atom. The van der Waals surface area contributed by atoms with Gasteiger partial charge < -0.3 is 19.0 Å². The number of nitrogens with one attached hydrogen (secondary N) is 1. The van der Waals surface area contributed by atoms with E-state index in [9.17, 15) is 4.79 Å². The van der Waals surface area contributed by atoms with Gasteiger partial charge in [0, 0.05) is 35.8 Å². The fourth-order valence-corrected chi connectivity index (χ4v) is 4.50. The maximum absolute atomic E-state index is 12.8. The van der Waals surface area contributed by atoms with Crippen LogP contribution in [0.4, 0.5) is 0 Å². The molecule has 5 rings (SSSR count). The third-order valence-corrected chi connectivity index (χ3v) is 5.72. The van der Waals surface area contributed by atoms with Gasteiger partial charge in [-0.05, 0) is 13.0 Å². The van der Waals surface area contributed by atoms with Crippen molar-refractivity contribution in [2.45, 2.75) is 13.5 Å². The lowest BCUT2D eigenvalue weighted by Crippen LogP contribution is -2.17. The summed E-state index contributed by atoms with van der Waals surface area (Å²) in [6, 6.07) is 11.7. The molecule has 0 atom stereocenters. The lowest BCUT2D eigenvalue weighted by atomic mass is 10.2. The molecule has 27 heavy (non-hydrogen) atoms. The van der Waals surface area contributed by atoms with Crippen LogP contribution in [0.5, 0.6) is 11.5 Å². The Morgan fingerprint density at radius 2 is 2.00 bits per heavy atom. The normalized spacial score (nSPS) is 14.2. The Kier molecular flexibility index (Phi) is 3.75. The summed E-state index contributed by atoms with van der Waals surface area (Å²) in [6.07, 6.45) is 1.72. The summed E-state index contributed by atoms with van der Waals surface area (Å²) in [7, 11) is 0. The van der Waals surface area contributed by atoms with E-state index >= 15 is 0 Å². The minimum absolute atomic E-state index is 0.251. The number of aromatic nitrogens is 2. The van der Waals surface area contributed by atoms with Crippen molar-refractivity contribution in [1.82, 2.24) is 9.55 Å². The number of amides is 1. The van der Waals surface area contributed by atoms with Gasteiger partial charge in [-0.25, -0.2) is 0 Å². The Labute approximate surface area is 158 Å². The predicted molar refractivity (Wildman–Crippen MR) is 105 cm³/mol. The van der Waals surface area contributed by atoms with Crippen molar-refractivity contribution >= 4 is 38.4 Å². The number of hydrogen-bond acceptors (Lipinski definition) is 4. The second kappa shape index (κ2) is 6.28. The van der Waals surface area contributed by atoms with Crippen LogP contribution in [0, 0.1) is 0 Å². The van der Waals surface area contributed by atoms with Crippen molar-refractivity contribution in [1.29, 1.82) is 0 Å². The molecule has 1 N–H and O–H groups in total. The molecule has 1 aliphatic heterocycles. The maximum atomic E-state index is 12.8. The summed E-state index contributed by atoms with van der Waals surface area (Å²) in [5.74, 6) is 1.23. The molecule has 0 fully saturated rings. The number of carbonyl (C=O) groups excluding carboxylic acids is 1. The van der Waals surface area contributed by atoms with Crippen LogP contribution in [0.15, 0.2) is 47.6 Å². The van der Waals surface area contributed by atoms with E-state index in [0.29, 0.717) is 30.1 Å². The molecule has 0 spiro atoms. The molecular formula is C20H17N3O3S. The zero-order chi connectivity index (χ0) is 18.4. The van der Waals surface area contributed by atoms with Crippen molar-refractivity contribution in [2.24, 2.45) is 4.99 Å². The monoisotopic (exact) mass is 379 g/mol. The zero-order valence-electron chi connectivity index (χ0n) is 14.7. The largest absolute Gasteiger partial charge is 0.486 e. The zero-order valence-corrected chi connectivity index (χ0v) is 15.5. The molecule has 0 aliphatic carbocycles. The highest BCUT2D eigenvalue weighted by molar-refractivity contribution is 7.16. The van der Waals surface area contributed by atoms with Gasteiger partial charge in [0.2, 0.25) is 0 Å². The fraction of sp³-hybridized carbons (Fsp3) is 0.200. The molecule has 1 amide bonds. The molecule has 0 unspecified atom stereocenters. The molecule has 0 saturated carbocycles. The van der Waals surface area contributed by atoms with Gasteiger partial charge in [0.15, 0.2) is 16.3 Å². The van der Waals surface area contributed by atoms with Gasteiger partial charge >= 0.3 is 0 Å². The average Bonchev–Trinajstić information content (AvgIpc) is 3.26. The number of benzene rings is 2. The van der Waals surface area contributed by atoms with Crippen LogP contribution in [-0.4, -0.2) is 28.7 Å². The van der Waals surface area contributed by atoms with Crippen LogP contribution < -0.4 is 14.3 Å². The van der Waals surface area contributed by atoms with Crippen molar-refractivity contribution in [2.75, 3.05) is 13.2 Å². The van der Waals surface area contributed by atoms with Crippen molar-refractivity contribution in [3.8, 4) is 11.5 Å². The Balaban J connectivity index is 1.66. The number of H-pyrrole nitrogens is 1. The lowest BCUT2D eigenvalue weighted by Gasteiger charge is -2.18. The highest BCUT2D eigenvalue weighted by Crippen LogP contribution is 2.35. The van der Waals surface area contributed by atoms with Crippen molar-refractivity contribution < 1.29 is 14.3 Å². The number of aromatic amines is 1. The highest BCUT2D eigenvalue weighted by Gasteiger charge is 2.17. The van der Waals surface area contributed by atoms with Gasteiger partial charge in [0.05, 0.1) is 15.8 Å². The van der Waals surface area contributed by atoms with Crippen LogP contribution >= 0.6 is 11.3 Å². The van der Waals surface area contributed by atoms with Crippen LogP contribution in [0.25, 0.3) is 21.1 Å². The van der Waals surface area contributed by atoms with Gasteiger partial charge in [0.1, 0.15) is 13.2 Å². The first kappa shape index (κ1) is 16.1. The third kappa shape index (κ3) is 2.62. The van der Waals surface area contributed by atoms with Gasteiger partial charge in [0.25, 0.3) is 5.91 Å². The molecule has 0 bridgehead atoms. The summed E-state index contributed by atoms with van der Waals surface area (Å²) in [5, 5.41) is 0.882. The summed E-state index contributed by atoms with van der Waals surface area (Å²) in [6.45, 7) is 3.84. The van der Waals surface area contributed by atoms with E-state index in [1.54, 1.807) is 6.20 Å². The van der Waals surface area contributed by atoms with E-state index in [2.05, 4.69) is 9.98 Å². The highest BCUT2D eigenvalue weighted by atomic mass is 32.1. The number of nitrogens with zero attached hydrogens (tertiary/aromatic N) is 2. The summed E-state index contributed by atoms with van der Waals surface area (Å²) in [4.78, 5) is 21.1.